The second kappa shape index (κ2) is 16.4. The third-order valence-corrected chi connectivity index (χ3v) is 6.74. The second-order valence-electron chi connectivity index (χ2n) is 9.56. The lowest BCUT2D eigenvalue weighted by atomic mass is 9.97. The van der Waals surface area contributed by atoms with E-state index in [4.69, 9.17) is 18.9 Å². The molecule has 11 nitrogen and oxygen atoms in total. The van der Waals surface area contributed by atoms with E-state index < -0.39 is 74.6 Å². The number of hydrogen-bond acceptors (Lipinski definition) is 11. The van der Waals surface area contributed by atoms with Gasteiger partial charge in [0.2, 0.25) is 0 Å². The summed E-state index contributed by atoms with van der Waals surface area (Å²) in [6.07, 6.45) is -2.63. The van der Waals surface area contributed by atoms with Gasteiger partial charge in [0.05, 0.1) is 13.2 Å². The van der Waals surface area contributed by atoms with Gasteiger partial charge >= 0.3 is 0 Å². The van der Waals surface area contributed by atoms with Gasteiger partial charge in [-0.1, -0.05) is 64.7 Å². The lowest BCUT2D eigenvalue weighted by Crippen LogP contribution is -2.64. The van der Waals surface area contributed by atoms with Crippen molar-refractivity contribution in [2.75, 3.05) is 19.8 Å². The van der Waals surface area contributed by atoms with Crippen molar-refractivity contribution in [3.05, 3.63) is 0 Å². The first-order valence-corrected chi connectivity index (χ1v) is 13.1. The van der Waals surface area contributed by atoms with Gasteiger partial charge in [0.1, 0.15) is 48.8 Å². The SMILES string of the molecule is CCCCCCCCCCCCO[C@@H]1O[C@@H](CO)[C@@H](O[C@H]2O[C@@H](CO)[C@@H](O)[C@@H](O)[C@H]2O)[C@H](O)[C@@H]1O. The molecule has 0 amide bonds. The zero-order valence-corrected chi connectivity index (χ0v) is 20.7. The van der Waals surface area contributed by atoms with E-state index in [2.05, 4.69) is 6.92 Å². The first-order chi connectivity index (χ1) is 16.8. The minimum absolute atomic E-state index is 0.321. The predicted molar refractivity (Wildman–Crippen MR) is 124 cm³/mol. The molecule has 2 heterocycles. The molecule has 208 valence electrons. The summed E-state index contributed by atoms with van der Waals surface area (Å²) in [5, 5.41) is 70.1. The summed E-state index contributed by atoms with van der Waals surface area (Å²) in [7, 11) is 0. The molecule has 0 radical (unpaired) electrons. The molecule has 0 bridgehead atoms. The fourth-order valence-electron chi connectivity index (χ4n) is 4.48. The van der Waals surface area contributed by atoms with Gasteiger partial charge < -0.3 is 54.7 Å². The van der Waals surface area contributed by atoms with Crippen molar-refractivity contribution in [2.45, 2.75) is 133 Å². The Balaban J connectivity index is 1.74. The average Bonchev–Trinajstić information content (AvgIpc) is 2.86. The highest BCUT2D eigenvalue weighted by atomic mass is 16.7. The van der Waals surface area contributed by atoms with Crippen LogP contribution in [0.3, 0.4) is 0 Å². The molecule has 0 unspecified atom stereocenters. The third kappa shape index (κ3) is 9.11. The highest BCUT2D eigenvalue weighted by Gasteiger charge is 2.50. The van der Waals surface area contributed by atoms with Gasteiger partial charge in [0, 0.05) is 6.61 Å². The molecule has 11 heteroatoms. The summed E-state index contributed by atoms with van der Waals surface area (Å²) in [5.74, 6) is 0. The van der Waals surface area contributed by atoms with Crippen LogP contribution in [-0.2, 0) is 18.9 Å². The van der Waals surface area contributed by atoms with Crippen LogP contribution < -0.4 is 0 Å². The molecule has 10 atom stereocenters. The molecule has 2 saturated heterocycles. The minimum Gasteiger partial charge on any atom is -0.394 e. The van der Waals surface area contributed by atoms with E-state index in [1.54, 1.807) is 0 Å². The number of ether oxygens (including phenoxy) is 4. The summed E-state index contributed by atoms with van der Waals surface area (Å²) in [6, 6.07) is 0. The van der Waals surface area contributed by atoms with Crippen LogP contribution >= 0.6 is 0 Å². The molecule has 0 aliphatic carbocycles. The standard InChI is InChI=1S/C24H46O11/c1-2-3-4-5-6-7-8-9-10-11-12-32-23-21(31)19(29)22(16(14-26)34-23)35-24-20(30)18(28)17(27)15(13-25)33-24/h15-31H,2-14H2,1H3/t15-,16-,17+,18+,19+,20+,21-,22+,23+,24+/m0/s1. The lowest BCUT2D eigenvalue weighted by molar-refractivity contribution is -0.359. The molecule has 0 aromatic carbocycles. The Labute approximate surface area is 207 Å². The molecular formula is C24H46O11. The van der Waals surface area contributed by atoms with Gasteiger partial charge in [-0.05, 0) is 6.42 Å². The molecule has 0 spiro atoms. The molecule has 2 aliphatic heterocycles. The van der Waals surface area contributed by atoms with E-state index >= 15 is 0 Å². The first kappa shape index (κ1) is 30.8. The molecule has 0 aromatic heterocycles. The maximum absolute atomic E-state index is 10.6. The van der Waals surface area contributed by atoms with Gasteiger partial charge in [-0.25, -0.2) is 0 Å². The van der Waals surface area contributed by atoms with Crippen LogP contribution in [0.25, 0.3) is 0 Å². The quantitative estimate of drug-likeness (QED) is 0.134. The Bertz CT molecular complexity index is 550. The maximum atomic E-state index is 10.6. The van der Waals surface area contributed by atoms with Crippen LogP contribution in [0.2, 0.25) is 0 Å². The van der Waals surface area contributed by atoms with Gasteiger partial charge in [-0.2, -0.15) is 0 Å². The van der Waals surface area contributed by atoms with Gasteiger partial charge in [0.25, 0.3) is 0 Å². The normalized spacial score (nSPS) is 38.1. The van der Waals surface area contributed by atoms with E-state index in [1.165, 1.54) is 44.9 Å². The van der Waals surface area contributed by atoms with E-state index in [9.17, 15) is 35.7 Å². The van der Waals surface area contributed by atoms with Gasteiger partial charge in [-0.3, -0.25) is 0 Å². The van der Waals surface area contributed by atoms with Crippen molar-refractivity contribution < 1.29 is 54.7 Å². The molecule has 2 aliphatic rings. The maximum Gasteiger partial charge on any atom is 0.187 e. The fraction of sp³-hybridized carbons (Fsp3) is 1.00. The van der Waals surface area contributed by atoms with Crippen LogP contribution in [0, 0.1) is 0 Å². The smallest absolute Gasteiger partial charge is 0.187 e. The van der Waals surface area contributed by atoms with E-state index in [0.717, 1.165) is 19.3 Å². The van der Waals surface area contributed by atoms with Crippen molar-refractivity contribution in [3.63, 3.8) is 0 Å². The molecule has 7 N–H and O–H groups in total. The van der Waals surface area contributed by atoms with Crippen LogP contribution in [0.15, 0.2) is 0 Å². The van der Waals surface area contributed by atoms with Crippen LogP contribution in [0.1, 0.15) is 71.1 Å². The van der Waals surface area contributed by atoms with Gasteiger partial charge in [0.15, 0.2) is 12.6 Å². The Hall–Kier alpha value is -0.440. The monoisotopic (exact) mass is 510 g/mol. The van der Waals surface area contributed by atoms with Crippen molar-refractivity contribution in [1.29, 1.82) is 0 Å². The summed E-state index contributed by atoms with van der Waals surface area (Å²) in [6.45, 7) is 1.31. The lowest BCUT2D eigenvalue weighted by Gasteiger charge is -2.45. The number of aliphatic hydroxyl groups is 7. The summed E-state index contributed by atoms with van der Waals surface area (Å²) in [4.78, 5) is 0. The molecule has 0 saturated carbocycles. The number of aliphatic hydroxyl groups excluding tert-OH is 7. The average molecular weight is 511 g/mol. The summed E-state index contributed by atoms with van der Waals surface area (Å²) < 4.78 is 22.0. The molecule has 2 rings (SSSR count). The minimum atomic E-state index is -1.69. The number of unbranched alkanes of at least 4 members (excludes halogenated alkanes) is 9. The fourth-order valence-corrected chi connectivity index (χ4v) is 4.48. The van der Waals surface area contributed by atoms with E-state index in [-0.39, 0.29) is 0 Å². The Morgan fingerprint density at radius 1 is 0.571 bits per heavy atom. The van der Waals surface area contributed by atoms with Crippen LogP contribution in [-0.4, -0.2) is 117 Å². The molecule has 35 heavy (non-hydrogen) atoms. The number of rotatable bonds is 16. The zero-order chi connectivity index (χ0) is 25.8. The third-order valence-electron chi connectivity index (χ3n) is 6.74. The van der Waals surface area contributed by atoms with E-state index in [1.807, 2.05) is 0 Å². The molecule has 2 fully saturated rings. The highest BCUT2D eigenvalue weighted by Crippen LogP contribution is 2.29. The van der Waals surface area contributed by atoms with Crippen molar-refractivity contribution in [2.24, 2.45) is 0 Å². The Morgan fingerprint density at radius 2 is 1.09 bits per heavy atom. The zero-order valence-electron chi connectivity index (χ0n) is 20.7. The topological polar surface area (TPSA) is 179 Å². The van der Waals surface area contributed by atoms with E-state index in [0.29, 0.717) is 6.61 Å². The Kier molecular flexibility index (Phi) is 14.4. The number of hydrogen-bond donors (Lipinski definition) is 7. The second-order valence-corrected chi connectivity index (χ2v) is 9.56. The molecular weight excluding hydrogens is 464 g/mol. The highest BCUT2D eigenvalue weighted by molar-refractivity contribution is 4.94. The first-order valence-electron chi connectivity index (χ1n) is 13.1. The van der Waals surface area contributed by atoms with Crippen molar-refractivity contribution >= 4 is 0 Å². The van der Waals surface area contributed by atoms with Crippen LogP contribution in [0.4, 0.5) is 0 Å². The summed E-state index contributed by atoms with van der Waals surface area (Å²) >= 11 is 0. The largest absolute Gasteiger partial charge is 0.394 e. The van der Waals surface area contributed by atoms with Crippen molar-refractivity contribution in [3.8, 4) is 0 Å². The van der Waals surface area contributed by atoms with Crippen LogP contribution in [0.5, 0.6) is 0 Å². The van der Waals surface area contributed by atoms with Crippen molar-refractivity contribution in [1.82, 2.24) is 0 Å². The molecule has 0 aromatic rings. The predicted octanol–water partition coefficient (Wildman–Crippen LogP) is -0.452. The van der Waals surface area contributed by atoms with Gasteiger partial charge in [-0.15, -0.1) is 0 Å². The Morgan fingerprint density at radius 3 is 1.66 bits per heavy atom. The summed E-state index contributed by atoms with van der Waals surface area (Å²) in [5.41, 5.74) is 0.